The fourth-order valence-electron chi connectivity index (χ4n) is 3.11. The summed E-state index contributed by atoms with van der Waals surface area (Å²) in [6.07, 6.45) is 1.50. The number of carbonyl (C=O) groups excluding carboxylic acids is 3. The van der Waals surface area contributed by atoms with Crippen molar-refractivity contribution in [1.29, 1.82) is 0 Å². The fraction of sp³-hybridized carbons (Fsp3) is 0.200. The van der Waals surface area contributed by atoms with Crippen LogP contribution in [0.2, 0.25) is 5.02 Å². The molecule has 0 fully saturated rings. The van der Waals surface area contributed by atoms with E-state index in [4.69, 9.17) is 11.6 Å². The highest BCUT2D eigenvalue weighted by atomic mass is 35.5. The third-order valence-electron chi connectivity index (χ3n) is 4.84. The molecule has 1 heterocycles. The van der Waals surface area contributed by atoms with Crippen LogP contribution in [-0.2, 0) is 27.5 Å². The Kier molecular flexibility index (Phi) is 8.97. The molecule has 0 aliphatic carbocycles. The van der Waals surface area contributed by atoms with Gasteiger partial charge in [-0.1, -0.05) is 66.2 Å². The Hall–Kier alpha value is -3.71. The maximum atomic E-state index is 12.9. The van der Waals surface area contributed by atoms with Gasteiger partial charge in [0.15, 0.2) is 0 Å². The first-order chi connectivity index (χ1) is 16.0. The molecule has 170 valence electrons. The average Bonchev–Trinajstić information content (AvgIpc) is 2.83. The summed E-state index contributed by atoms with van der Waals surface area (Å²) in [4.78, 5) is 43.2. The van der Waals surface area contributed by atoms with Crippen LogP contribution >= 0.6 is 11.6 Å². The maximum absolute atomic E-state index is 12.9. The summed E-state index contributed by atoms with van der Waals surface area (Å²) in [7, 11) is 0. The molecule has 0 unspecified atom stereocenters. The van der Waals surface area contributed by atoms with E-state index >= 15 is 0 Å². The number of rotatable bonds is 10. The van der Waals surface area contributed by atoms with Gasteiger partial charge in [0.1, 0.15) is 5.82 Å². The molecular weight excluding hydrogens is 440 g/mol. The minimum Gasteiger partial charge on any atom is -0.350 e. The van der Waals surface area contributed by atoms with Crippen molar-refractivity contribution in [3.05, 3.63) is 95.1 Å². The number of hydrogen-bond donors (Lipinski definition) is 2. The van der Waals surface area contributed by atoms with Gasteiger partial charge in [-0.15, -0.1) is 0 Å². The van der Waals surface area contributed by atoms with Crippen molar-refractivity contribution in [2.75, 3.05) is 11.9 Å². The highest BCUT2D eigenvalue weighted by Crippen LogP contribution is 2.18. The topological polar surface area (TPSA) is 91.4 Å². The lowest BCUT2D eigenvalue weighted by Gasteiger charge is -2.23. The lowest BCUT2D eigenvalue weighted by Crippen LogP contribution is -2.40. The summed E-state index contributed by atoms with van der Waals surface area (Å²) in [5, 5.41) is 5.99. The molecule has 0 atom stereocenters. The third-order valence-corrected chi connectivity index (χ3v) is 5.21. The zero-order valence-corrected chi connectivity index (χ0v) is 18.8. The zero-order valence-electron chi connectivity index (χ0n) is 18.0. The van der Waals surface area contributed by atoms with Gasteiger partial charge in [0, 0.05) is 37.2 Å². The normalized spacial score (nSPS) is 10.3. The molecule has 3 amide bonds. The van der Waals surface area contributed by atoms with E-state index in [0.29, 0.717) is 17.4 Å². The Balaban J connectivity index is 1.60. The SMILES string of the molecule is O=C(CN(Cc1ccccc1Cl)C(=O)CCC(=O)Nc1ccccn1)NCc1ccccc1. The first-order valence-electron chi connectivity index (χ1n) is 10.5. The number of pyridine rings is 1. The lowest BCUT2D eigenvalue weighted by molar-refractivity contribution is -0.137. The van der Waals surface area contributed by atoms with Gasteiger partial charge in [0.2, 0.25) is 17.7 Å². The molecule has 7 nitrogen and oxygen atoms in total. The van der Waals surface area contributed by atoms with Crippen LogP contribution in [0.1, 0.15) is 24.0 Å². The number of aromatic nitrogens is 1. The van der Waals surface area contributed by atoms with Crippen molar-refractivity contribution >= 4 is 35.1 Å². The van der Waals surface area contributed by atoms with E-state index in [1.165, 1.54) is 4.90 Å². The van der Waals surface area contributed by atoms with Crippen LogP contribution < -0.4 is 10.6 Å². The van der Waals surface area contributed by atoms with Crippen molar-refractivity contribution in [2.45, 2.75) is 25.9 Å². The standard InChI is InChI=1S/C25H25ClN4O3/c26-21-11-5-4-10-20(21)17-30(18-24(32)28-16-19-8-2-1-3-9-19)25(33)14-13-23(31)29-22-12-6-7-15-27-22/h1-12,15H,13-14,16-18H2,(H,28,32)(H,27,29,31). The second-order valence-electron chi connectivity index (χ2n) is 7.37. The minimum atomic E-state index is -0.326. The number of carbonyl (C=O) groups is 3. The molecule has 8 heteroatoms. The van der Waals surface area contributed by atoms with Gasteiger partial charge in [0.25, 0.3) is 0 Å². The van der Waals surface area contributed by atoms with Gasteiger partial charge >= 0.3 is 0 Å². The summed E-state index contributed by atoms with van der Waals surface area (Å²) < 4.78 is 0. The van der Waals surface area contributed by atoms with Crippen molar-refractivity contribution < 1.29 is 14.4 Å². The Morgan fingerprint density at radius 1 is 0.848 bits per heavy atom. The van der Waals surface area contributed by atoms with Crippen LogP contribution in [-0.4, -0.2) is 34.2 Å². The van der Waals surface area contributed by atoms with Crippen molar-refractivity contribution in [2.24, 2.45) is 0 Å². The molecule has 2 aromatic carbocycles. The van der Waals surface area contributed by atoms with Gasteiger partial charge < -0.3 is 15.5 Å². The molecule has 3 rings (SSSR count). The van der Waals surface area contributed by atoms with E-state index < -0.39 is 0 Å². The van der Waals surface area contributed by atoms with E-state index in [-0.39, 0.29) is 43.7 Å². The summed E-state index contributed by atoms with van der Waals surface area (Å²) >= 11 is 6.26. The Labute approximate surface area is 197 Å². The van der Waals surface area contributed by atoms with E-state index in [1.807, 2.05) is 36.4 Å². The molecule has 2 N–H and O–H groups in total. The van der Waals surface area contributed by atoms with E-state index in [2.05, 4.69) is 15.6 Å². The lowest BCUT2D eigenvalue weighted by atomic mass is 10.2. The molecule has 0 aliphatic rings. The van der Waals surface area contributed by atoms with Crippen LogP contribution in [0.3, 0.4) is 0 Å². The summed E-state index contributed by atoms with van der Waals surface area (Å²) in [5.74, 6) is -0.519. The number of hydrogen-bond acceptors (Lipinski definition) is 4. The van der Waals surface area contributed by atoms with Crippen LogP contribution in [0.4, 0.5) is 5.82 Å². The first-order valence-corrected chi connectivity index (χ1v) is 10.9. The number of anilines is 1. The van der Waals surface area contributed by atoms with Gasteiger partial charge in [0.05, 0.1) is 6.54 Å². The predicted octanol–water partition coefficient (Wildman–Crippen LogP) is 3.80. The van der Waals surface area contributed by atoms with Gasteiger partial charge in [-0.3, -0.25) is 14.4 Å². The molecule has 0 radical (unpaired) electrons. The van der Waals surface area contributed by atoms with Crippen LogP contribution in [0, 0.1) is 0 Å². The molecule has 33 heavy (non-hydrogen) atoms. The van der Waals surface area contributed by atoms with Crippen LogP contribution in [0.25, 0.3) is 0 Å². The molecule has 0 bridgehead atoms. The monoisotopic (exact) mass is 464 g/mol. The molecule has 0 aliphatic heterocycles. The molecular formula is C25H25ClN4O3. The van der Waals surface area contributed by atoms with Crippen LogP contribution in [0.5, 0.6) is 0 Å². The summed E-state index contributed by atoms with van der Waals surface area (Å²) in [6.45, 7) is 0.387. The first kappa shape index (κ1) is 23.9. The summed E-state index contributed by atoms with van der Waals surface area (Å²) in [5.41, 5.74) is 1.68. The van der Waals surface area contributed by atoms with Crippen LogP contribution in [0.15, 0.2) is 79.0 Å². The Morgan fingerprint density at radius 2 is 1.58 bits per heavy atom. The van der Waals surface area contributed by atoms with E-state index in [9.17, 15) is 14.4 Å². The molecule has 0 saturated heterocycles. The van der Waals surface area contributed by atoms with Crippen molar-refractivity contribution in [3.63, 3.8) is 0 Å². The van der Waals surface area contributed by atoms with Gasteiger partial charge in [-0.25, -0.2) is 4.98 Å². The maximum Gasteiger partial charge on any atom is 0.239 e. The third kappa shape index (κ3) is 8.05. The highest BCUT2D eigenvalue weighted by molar-refractivity contribution is 6.31. The Bertz CT molecular complexity index is 1080. The highest BCUT2D eigenvalue weighted by Gasteiger charge is 2.20. The number of amides is 3. The quantitative estimate of drug-likeness (QED) is 0.477. The number of halogens is 1. The Morgan fingerprint density at radius 3 is 2.30 bits per heavy atom. The molecule has 0 saturated carbocycles. The van der Waals surface area contributed by atoms with Crippen molar-refractivity contribution in [3.8, 4) is 0 Å². The number of benzene rings is 2. The molecule has 1 aromatic heterocycles. The number of nitrogens with zero attached hydrogens (tertiary/aromatic N) is 2. The van der Waals surface area contributed by atoms with E-state index in [0.717, 1.165) is 11.1 Å². The summed E-state index contributed by atoms with van der Waals surface area (Å²) in [6, 6.07) is 21.8. The number of nitrogens with one attached hydrogen (secondary N) is 2. The molecule has 3 aromatic rings. The second kappa shape index (κ2) is 12.4. The zero-order chi connectivity index (χ0) is 23.5. The fourth-order valence-corrected chi connectivity index (χ4v) is 3.31. The van der Waals surface area contributed by atoms with Gasteiger partial charge in [-0.05, 0) is 29.3 Å². The smallest absolute Gasteiger partial charge is 0.239 e. The predicted molar refractivity (Wildman–Crippen MR) is 127 cm³/mol. The average molecular weight is 465 g/mol. The minimum absolute atomic E-state index is 0.0277. The largest absolute Gasteiger partial charge is 0.350 e. The van der Waals surface area contributed by atoms with Gasteiger partial charge in [-0.2, -0.15) is 0 Å². The van der Waals surface area contributed by atoms with E-state index in [1.54, 1.807) is 42.6 Å². The van der Waals surface area contributed by atoms with Crippen molar-refractivity contribution in [1.82, 2.24) is 15.2 Å². The second-order valence-corrected chi connectivity index (χ2v) is 7.77. The molecule has 0 spiro atoms.